The van der Waals surface area contributed by atoms with Crippen LogP contribution < -0.4 is 10.5 Å². The van der Waals surface area contributed by atoms with Crippen molar-refractivity contribution in [2.24, 2.45) is 10.6 Å². The van der Waals surface area contributed by atoms with E-state index < -0.39 is 21.4 Å². The monoisotopic (exact) mass is 328 g/mol. The highest BCUT2D eigenvalue weighted by Crippen LogP contribution is 2.24. The van der Waals surface area contributed by atoms with E-state index in [2.05, 4.69) is 5.32 Å². The minimum absolute atomic E-state index is 0.00479. The molecule has 0 saturated carbocycles. The fourth-order valence-corrected chi connectivity index (χ4v) is 2.48. The highest BCUT2D eigenvalue weighted by atomic mass is 32.2. The third kappa shape index (κ3) is 6.23. The van der Waals surface area contributed by atoms with Gasteiger partial charge in [0.05, 0.1) is 11.3 Å². The molecule has 0 spiro atoms. The van der Waals surface area contributed by atoms with Crippen LogP contribution in [0.5, 0.6) is 0 Å². The van der Waals surface area contributed by atoms with E-state index in [0.717, 1.165) is 5.56 Å². The average Bonchev–Trinajstić information content (AvgIpc) is 2.33. The number of carbonyl (C=O) groups is 2. The Morgan fingerprint density at radius 1 is 1.18 bits per heavy atom. The summed E-state index contributed by atoms with van der Waals surface area (Å²) in [5.74, 6) is -1.21. The van der Waals surface area contributed by atoms with Crippen molar-refractivity contribution in [3.8, 4) is 0 Å². The van der Waals surface area contributed by atoms with Crippen LogP contribution in [0.3, 0.4) is 0 Å². The summed E-state index contributed by atoms with van der Waals surface area (Å²) in [7, 11) is -3.73. The van der Waals surface area contributed by atoms with E-state index in [4.69, 9.17) is 10.2 Å². The molecule has 22 heavy (non-hydrogen) atoms. The number of nitrogens with one attached hydrogen (secondary N) is 1. The lowest BCUT2D eigenvalue weighted by Gasteiger charge is -2.21. The third-order valence-corrected chi connectivity index (χ3v) is 3.94. The standard InChI is InChI=1S/C14H20N2O5S/c1-14(2,8-13(18)19)7-12(17)16-9-10-3-5-11(6-4-10)22(15,20)21/h3-6H,7-9H2,1-2H3,(H,16,17)(H,18,19)(H2,15,20,21). The fraction of sp³-hybridized carbons (Fsp3) is 0.429. The number of rotatable bonds is 7. The third-order valence-electron chi connectivity index (χ3n) is 3.01. The Hall–Kier alpha value is -1.93. The lowest BCUT2D eigenvalue weighted by molar-refractivity contribution is -0.139. The maximum absolute atomic E-state index is 11.8. The van der Waals surface area contributed by atoms with Gasteiger partial charge in [-0.3, -0.25) is 9.59 Å². The van der Waals surface area contributed by atoms with Crippen molar-refractivity contribution in [2.45, 2.75) is 38.1 Å². The molecule has 0 aliphatic heterocycles. The van der Waals surface area contributed by atoms with Gasteiger partial charge in [-0.15, -0.1) is 0 Å². The highest BCUT2D eigenvalue weighted by Gasteiger charge is 2.25. The van der Waals surface area contributed by atoms with Crippen molar-refractivity contribution < 1.29 is 23.1 Å². The molecule has 0 atom stereocenters. The van der Waals surface area contributed by atoms with Crippen LogP contribution in [0.15, 0.2) is 29.2 Å². The molecular formula is C14H20N2O5S. The molecule has 0 unspecified atom stereocenters. The Balaban J connectivity index is 2.56. The number of carboxylic acid groups (broad SMARTS) is 1. The van der Waals surface area contributed by atoms with Gasteiger partial charge in [-0.25, -0.2) is 13.6 Å². The second-order valence-electron chi connectivity index (χ2n) is 5.88. The molecule has 0 aliphatic rings. The summed E-state index contributed by atoms with van der Waals surface area (Å²) >= 11 is 0. The van der Waals surface area contributed by atoms with Crippen LogP contribution in [-0.4, -0.2) is 25.4 Å². The molecule has 1 aromatic carbocycles. The van der Waals surface area contributed by atoms with Gasteiger partial charge in [0.1, 0.15) is 0 Å². The Kier molecular flexibility index (Phi) is 5.67. The molecule has 8 heteroatoms. The fourth-order valence-electron chi connectivity index (χ4n) is 1.97. The molecule has 7 nitrogen and oxygen atoms in total. The van der Waals surface area contributed by atoms with Crippen molar-refractivity contribution in [3.63, 3.8) is 0 Å². The molecule has 1 rings (SSSR count). The lowest BCUT2D eigenvalue weighted by Crippen LogP contribution is -2.29. The number of sulfonamides is 1. The van der Waals surface area contributed by atoms with Gasteiger partial charge >= 0.3 is 5.97 Å². The predicted octanol–water partition coefficient (Wildman–Crippen LogP) is 0.841. The smallest absolute Gasteiger partial charge is 0.303 e. The molecular weight excluding hydrogens is 308 g/mol. The number of carbonyl (C=O) groups excluding carboxylic acids is 1. The van der Waals surface area contributed by atoms with E-state index in [1.54, 1.807) is 26.0 Å². The predicted molar refractivity (Wildman–Crippen MR) is 80.3 cm³/mol. The van der Waals surface area contributed by atoms with E-state index in [0.29, 0.717) is 0 Å². The summed E-state index contributed by atoms with van der Waals surface area (Å²) in [5, 5.41) is 16.4. The molecule has 1 aromatic rings. The highest BCUT2D eigenvalue weighted by molar-refractivity contribution is 7.89. The van der Waals surface area contributed by atoms with Crippen LogP contribution in [0.1, 0.15) is 32.3 Å². The quantitative estimate of drug-likeness (QED) is 0.683. The van der Waals surface area contributed by atoms with Crippen LogP contribution in [0, 0.1) is 5.41 Å². The number of benzene rings is 1. The van der Waals surface area contributed by atoms with Gasteiger partial charge in [0.25, 0.3) is 0 Å². The number of aliphatic carboxylic acids is 1. The van der Waals surface area contributed by atoms with Crippen molar-refractivity contribution in [2.75, 3.05) is 0 Å². The van der Waals surface area contributed by atoms with E-state index >= 15 is 0 Å². The normalized spacial score (nSPS) is 12.0. The number of amides is 1. The summed E-state index contributed by atoms with van der Waals surface area (Å²) in [6, 6.07) is 5.85. The molecule has 0 radical (unpaired) electrons. The van der Waals surface area contributed by atoms with Crippen LogP contribution >= 0.6 is 0 Å². The Morgan fingerprint density at radius 2 is 1.73 bits per heavy atom. The minimum atomic E-state index is -3.73. The van der Waals surface area contributed by atoms with Crippen LogP contribution in [-0.2, 0) is 26.2 Å². The van der Waals surface area contributed by atoms with E-state index in [-0.39, 0.29) is 30.2 Å². The number of nitrogens with two attached hydrogens (primary N) is 1. The largest absolute Gasteiger partial charge is 0.481 e. The Morgan fingerprint density at radius 3 is 2.18 bits per heavy atom. The van der Waals surface area contributed by atoms with Crippen molar-refractivity contribution >= 4 is 21.9 Å². The maximum atomic E-state index is 11.8. The lowest BCUT2D eigenvalue weighted by atomic mass is 9.85. The topological polar surface area (TPSA) is 127 Å². The van der Waals surface area contributed by atoms with Gasteiger partial charge in [-0.2, -0.15) is 0 Å². The molecule has 0 saturated heterocycles. The van der Waals surface area contributed by atoms with Gasteiger partial charge in [-0.05, 0) is 23.1 Å². The number of hydrogen-bond donors (Lipinski definition) is 3. The van der Waals surface area contributed by atoms with Gasteiger partial charge in [0.2, 0.25) is 15.9 Å². The van der Waals surface area contributed by atoms with Crippen molar-refractivity contribution in [1.82, 2.24) is 5.32 Å². The van der Waals surface area contributed by atoms with Gasteiger partial charge in [-0.1, -0.05) is 26.0 Å². The van der Waals surface area contributed by atoms with E-state index in [1.165, 1.54) is 12.1 Å². The zero-order valence-electron chi connectivity index (χ0n) is 12.5. The van der Waals surface area contributed by atoms with Crippen LogP contribution in [0.2, 0.25) is 0 Å². The zero-order chi connectivity index (χ0) is 17.0. The van der Waals surface area contributed by atoms with Gasteiger partial charge < -0.3 is 10.4 Å². The second-order valence-corrected chi connectivity index (χ2v) is 7.44. The van der Waals surface area contributed by atoms with Gasteiger partial charge in [0, 0.05) is 13.0 Å². The summed E-state index contributed by atoms with van der Waals surface area (Å²) in [5.41, 5.74) is 0.0877. The van der Waals surface area contributed by atoms with Crippen LogP contribution in [0.25, 0.3) is 0 Å². The van der Waals surface area contributed by atoms with Crippen molar-refractivity contribution in [1.29, 1.82) is 0 Å². The Labute approximate surface area is 129 Å². The molecule has 0 aliphatic carbocycles. The molecule has 4 N–H and O–H groups in total. The number of primary sulfonamides is 1. The SMILES string of the molecule is CC(C)(CC(=O)O)CC(=O)NCc1ccc(S(N)(=O)=O)cc1. The average molecular weight is 328 g/mol. The van der Waals surface area contributed by atoms with E-state index in [1.807, 2.05) is 0 Å². The first-order valence-corrected chi connectivity index (χ1v) is 8.14. The molecule has 0 aromatic heterocycles. The summed E-state index contributed by atoms with van der Waals surface area (Å²) in [6.45, 7) is 3.65. The first-order chi connectivity index (χ1) is 9.99. The molecule has 122 valence electrons. The van der Waals surface area contributed by atoms with Crippen LogP contribution in [0.4, 0.5) is 0 Å². The zero-order valence-corrected chi connectivity index (χ0v) is 13.3. The second kappa shape index (κ2) is 6.89. The molecule has 0 bridgehead atoms. The Bertz CT molecular complexity index is 650. The number of hydrogen-bond acceptors (Lipinski definition) is 4. The first-order valence-electron chi connectivity index (χ1n) is 6.60. The first kappa shape index (κ1) is 18.1. The van der Waals surface area contributed by atoms with E-state index in [9.17, 15) is 18.0 Å². The molecule has 0 heterocycles. The maximum Gasteiger partial charge on any atom is 0.303 e. The summed E-state index contributed by atoms with van der Waals surface area (Å²) < 4.78 is 22.2. The van der Waals surface area contributed by atoms with Gasteiger partial charge in [0.15, 0.2) is 0 Å². The van der Waals surface area contributed by atoms with Crippen molar-refractivity contribution in [3.05, 3.63) is 29.8 Å². The molecule has 0 fully saturated rings. The molecule has 1 amide bonds. The summed E-state index contributed by atoms with van der Waals surface area (Å²) in [6.07, 6.45) is -0.00195. The minimum Gasteiger partial charge on any atom is -0.481 e. The number of carboxylic acids is 1. The summed E-state index contributed by atoms with van der Waals surface area (Å²) in [4.78, 5) is 22.5.